The molecule has 3 heteroatoms. The molecule has 0 aliphatic rings. The van der Waals surface area contributed by atoms with Crippen molar-refractivity contribution in [3.8, 4) is 28.2 Å². The van der Waals surface area contributed by atoms with Crippen molar-refractivity contribution < 1.29 is 0 Å². The molecule has 190 valence electrons. The number of hydrogen-bond donors (Lipinski definition) is 0. The van der Waals surface area contributed by atoms with E-state index in [-0.39, 0.29) is 0 Å². The second-order valence-corrected chi connectivity index (χ2v) is 11.0. The Balaban J connectivity index is 1.55. The quantitative estimate of drug-likeness (QED) is 0.235. The molecule has 0 bridgehead atoms. The number of nitrogens with zero attached hydrogens (tertiary/aromatic N) is 3. The van der Waals surface area contributed by atoms with Crippen LogP contribution in [0.5, 0.6) is 0 Å². The Morgan fingerprint density at radius 2 is 0.974 bits per heavy atom. The highest BCUT2D eigenvalue weighted by Crippen LogP contribution is 2.38. The molecule has 2 heterocycles. The fourth-order valence-electron chi connectivity index (χ4n) is 6.21. The Labute approximate surface area is 229 Å². The lowest BCUT2D eigenvalue weighted by molar-refractivity contribution is 0.870. The van der Waals surface area contributed by atoms with Crippen molar-refractivity contribution in [3.05, 3.63) is 119 Å². The van der Waals surface area contributed by atoms with Crippen LogP contribution in [0.4, 0.5) is 0 Å². The van der Waals surface area contributed by atoms with Crippen molar-refractivity contribution in [2.24, 2.45) is 7.05 Å². The number of aryl methyl sites for hydroxylation is 5. The minimum Gasteiger partial charge on any atom is -0.313 e. The molecule has 0 aliphatic heterocycles. The van der Waals surface area contributed by atoms with Crippen LogP contribution in [0.3, 0.4) is 0 Å². The molecule has 3 nitrogen and oxygen atoms in total. The second kappa shape index (κ2) is 8.71. The molecule has 0 radical (unpaired) electrons. The van der Waals surface area contributed by atoms with Crippen LogP contribution >= 0.6 is 0 Å². The molecule has 7 aromatic rings. The molecular formula is C36H31N3. The zero-order valence-electron chi connectivity index (χ0n) is 23.1. The van der Waals surface area contributed by atoms with Gasteiger partial charge in [-0.25, -0.2) is 4.98 Å². The average molecular weight is 506 g/mol. The molecule has 0 saturated heterocycles. The van der Waals surface area contributed by atoms with E-state index in [1.807, 2.05) is 0 Å². The first-order chi connectivity index (χ1) is 18.9. The second-order valence-electron chi connectivity index (χ2n) is 11.0. The van der Waals surface area contributed by atoms with Gasteiger partial charge in [0.1, 0.15) is 0 Å². The Kier molecular flexibility index (Phi) is 5.24. The van der Waals surface area contributed by atoms with Crippen LogP contribution in [0, 0.1) is 27.7 Å². The summed E-state index contributed by atoms with van der Waals surface area (Å²) < 4.78 is 4.52. The number of fused-ring (bicyclic) bond motifs is 4. The SMILES string of the molecule is Cc1cc(C)cc(-c2ccc3c(c2)c2cc(-c4cc(C)cc(C)c4)ccc2n3-c2nc3ccccc3n2C)c1. The third kappa shape index (κ3) is 3.85. The Morgan fingerprint density at radius 3 is 1.46 bits per heavy atom. The minimum absolute atomic E-state index is 0.925. The van der Waals surface area contributed by atoms with Crippen LogP contribution in [0.25, 0.3) is 61.0 Å². The first kappa shape index (κ1) is 23.5. The zero-order valence-corrected chi connectivity index (χ0v) is 23.1. The molecule has 5 aromatic carbocycles. The Bertz CT molecular complexity index is 1920. The lowest BCUT2D eigenvalue weighted by atomic mass is 9.97. The van der Waals surface area contributed by atoms with E-state index in [2.05, 4.69) is 141 Å². The molecule has 0 fully saturated rings. The Hall–Kier alpha value is -4.63. The highest BCUT2D eigenvalue weighted by Gasteiger charge is 2.18. The van der Waals surface area contributed by atoms with E-state index >= 15 is 0 Å². The van der Waals surface area contributed by atoms with Gasteiger partial charge in [-0.15, -0.1) is 0 Å². The smallest absolute Gasteiger partial charge is 0.215 e. The van der Waals surface area contributed by atoms with Gasteiger partial charge in [0.2, 0.25) is 5.95 Å². The summed E-state index contributed by atoms with van der Waals surface area (Å²) in [5.41, 5.74) is 14.5. The highest BCUT2D eigenvalue weighted by molar-refractivity contribution is 6.11. The predicted octanol–water partition coefficient (Wildman–Crippen LogP) is 9.24. The topological polar surface area (TPSA) is 22.8 Å². The summed E-state index contributed by atoms with van der Waals surface area (Å²) in [4.78, 5) is 5.09. The van der Waals surface area contributed by atoms with Crippen molar-refractivity contribution in [1.82, 2.24) is 14.1 Å². The zero-order chi connectivity index (χ0) is 26.8. The number of rotatable bonds is 3. The van der Waals surface area contributed by atoms with E-state index in [1.54, 1.807) is 0 Å². The number of hydrogen-bond acceptors (Lipinski definition) is 1. The maximum absolute atomic E-state index is 5.09. The number of benzene rings is 5. The van der Waals surface area contributed by atoms with Crippen LogP contribution in [-0.4, -0.2) is 14.1 Å². The largest absolute Gasteiger partial charge is 0.313 e. The minimum atomic E-state index is 0.925. The molecule has 0 unspecified atom stereocenters. The van der Waals surface area contributed by atoms with Crippen molar-refractivity contribution in [1.29, 1.82) is 0 Å². The molecule has 0 N–H and O–H groups in total. The van der Waals surface area contributed by atoms with Gasteiger partial charge in [0.05, 0.1) is 22.1 Å². The van der Waals surface area contributed by atoms with Gasteiger partial charge in [-0.1, -0.05) is 82.9 Å². The molecule has 39 heavy (non-hydrogen) atoms. The van der Waals surface area contributed by atoms with E-state index < -0.39 is 0 Å². The maximum atomic E-state index is 5.09. The van der Waals surface area contributed by atoms with Gasteiger partial charge < -0.3 is 4.57 Å². The predicted molar refractivity (Wildman–Crippen MR) is 165 cm³/mol. The van der Waals surface area contributed by atoms with Crippen molar-refractivity contribution >= 4 is 32.8 Å². The molecule has 0 atom stereocenters. The van der Waals surface area contributed by atoms with Gasteiger partial charge in [-0.05, 0) is 86.3 Å². The van der Waals surface area contributed by atoms with E-state index in [0.29, 0.717) is 0 Å². The van der Waals surface area contributed by atoms with Crippen molar-refractivity contribution in [2.75, 3.05) is 0 Å². The third-order valence-corrected chi connectivity index (χ3v) is 7.84. The fraction of sp³-hybridized carbons (Fsp3) is 0.139. The first-order valence-electron chi connectivity index (χ1n) is 13.5. The van der Waals surface area contributed by atoms with Crippen molar-refractivity contribution in [3.63, 3.8) is 0 Å². The summed E-state index contributed by atoms with van der Waals surface area (Å²) in [5.74, 6) is 0.925. The summed E-state index contributed by atoms with van der Waals surface area (Å²) in [5, 5.41) is 2.47. The molecule has 7 rings (SSSR count). The summed E-state index contributed by atoms with van der Waals surface area (Å²) in [6.45, 7) is 8.68. The highest BCUT2D eigenvalue weighted by atomic mass is 15.2. The van der Waals surface area contributed by atoms with E-state index in [4.69, 9.17) is 4.98 Å². The lowest BCUT2D eigenvalue weighted by Crippen LogP contribution is -2.03. The number of aromatic nitrogens is 3. The van der Waals surface area contributed by atoms with Crippen LogP contribution in [-0.2, 0) is 7.05 Å². The molecular weight excluding hydrogens is 474 g/mol. The number of imidazole rings is 1. The molecule has 0 aliphatic carbocycles. The van der Waals surface area contributed by atoms with Crippen LogP contribution in [0.15, 0.2) is 97.1 Å². The average Bonchev–Trinajstić information content (AvgIpc) is 3.41. The van der Waals surface area contributed by atoms with Crippen LogP contribution in [0.1, 0.15) is 22.3 Å². The van der Waals surface area contributed by atoms with E-state index in [1.165, 1.54) is 55.3 Å². The van der Waals surface area contributed by atoms with Gasteiger partial charge >= 0.3 is 0 Å². The summed E-state index contributed by atoms with van der Waals surface area (Å²) in [6.07, 6.45) is 0. The normalized spacial score (nSPS) is 11.7. The van der Waals surface area contributed by atoms with Crippen molar-refractivity contribution in [2.45, 2.75) is 27.7 Å². The first-order valence-corrected chi connectivity index (χ1v) is 13.5. The van der Waals surface area contributed by atoms with Crippen LogP contribution in [0.2, 0.25) is 0 Å². The fourth-order valence-corrected chi connectivity index (χ4v) is 6.21. The lowest BCUT2D eigenvalue weighted by Gasteiger charge is -2.09. The maximum Gasteiger partial charge on any atom is 0.215 e. The molecule has 0 saturated carbocycles. The van der Waals surface area contributed by atoms with Gasteiger partial charge in [0.25, 0.3) is 0 Å². The Morgan fingerprint density at radius 1 is 0.487 bits per heavy atom. The molecule has 0 amide bonds. The van der Waals surface area contributed by atoms with Gasteiger partial charge in [0.15, 0.2) is 0 Å². The third-order valence-electron chi connectivity index (χ3n) is 7.84. The van der Waals surface area contributed by atoms with Gasteiger partial charge in [0, 0.05) is 17.8 Å². The van der Waals surface area contributed by atoms with Crippen LogP contribution < -0.4 is 0 Å². The van der Waals surface area contributed by atoms with E-state index in [9.17, 15) is 0 Å². The monoisotopic (exact) mass is 505 g/mol. The van der Waals surface area contributed by atoms with E-state index in [0.717, 1.165) is 28.0 Å². The standard InChI is InChI=1S/C36H31N3/c1-22-14-23(2)17-28(16-22)26-10-12-33-30(20-26)31-21-27(29-18-24(3)15-25(4)19-29)11-13-34(31)39(33)36-37-32-8-6-7-9-35(32)38(36)5/h6-21H,1-5H3. The number of para-hydroxylation sites is 2. The molecule has 0 spiro atoms. The van der Waals surface area contributed by atoms with Gasteiger partial charge in [-0.3, -0.25) is 4.57 Å². The molecule has 2 aromatic heterocycles. The summed E-state index contributed by atoms with van der Waals surface area (Å²) >= 11 is 0. The summed E-state index contributed by atoms with van der Waals surface area (Å²) in [7, 11) is 2.11. The van der Waals surface area contributed by atoms with Gasteiger partial charge in [-0.2, -0.15) is 0 Å². The summed E-state index contributed by atoms with van der Waals surface area (Å²) in [6, 6.07) is 35.7.